The lowest BCUT2D eigenvalue weighted by Crippen LogP contribution is -2.35. The number of hydrogen-bond acceptors (Lipinski definition) is 4. The van der Waals surface area contributed by atoms with Crippen LogP contribution < -0.4 is 4.74 Å². The highest BCUT2D eigenvalue weighted by atomic mass is 19.1. The van der Waals surface area contributed by atoms with Gasteiger partial charge in [0.25, 0.3) is 0 Å². The Morgan fingerprint density at radius 1 is 1.10 bits per heavy atom. The maximum Gasteiger partial charge on any atom is 0.222 e. The van der Waals surface area contributed by atoms with Gasteiger partial charge >= 0.3 is 0 Å². The van der Waals surface area contributed by atoms with Crippen LogP contribution in [0.25, 0.3) is 11.3 Å². The van der Waals surface area contributed by atoms with Crippen molar-refractivity contribution in [1.29, 1.82) is 0 Å². The zero-order valence-corrected chi connectivity index (χ0v) is 18.8. The first-order valence-electron chi connectivity index (χ1n) is 10.8. The molecule has 166 valence electrons. The number of aliphatic hydroxyl groups excluding tert-OH is 1. The number of rotatable bonds is 10. The molecule has 3 rings (SSSR count). The molecule has 1 heterocycles. The van der Waals surface area contributed by atoms with E-state index in [0.29, 0.717) is 19.0 Å². The highest BCUT2D eigenvalue weighted by molar-refractivity contribution is 5.65. The first-order chi connectivity index (χ1) is 14.9. The zero-order valence-electron chi connectivity index (χ0n) is 18.8. The minimum absolute atomic E-state index is 0.163. The Kier molecular flexibility index (Phi) is 7.82. The normalized spacial score (nSPS) is 12.5. The van der Waals surface area contributed by atoms with Gasteiger partial charge in [0.05, 0.1) is 11.7 Å². The van der Waals surface area contributed by atoms with Crippen LogP contribution in [0.2, 0.25) is 0 Å². The molecule has 0 saturated heterocycles. The summed E-state index contributed by atoms with van der Waals surface area (Å²) in [6, 6.07) is 16.3. The molecule has 6 heteroatoms. The van der Waals surface area contributed by atoms with Crippen LogP contribution in [0.5, 0.6) is 11.6 Å². The van der Waals surface area contributed by atoms with Crippen LogP contribution in [0.1, 0.15) is 32.8 Å². The van der Waals surface area contributed by atoms with E-state index in [4.69, 9.17) is 9.84 Å². The summed E-state index contributed by atoms with van der Waals surface area (Å²) in [5.74, 6) is 0.409. The molecule has 0 bridgehead atoms. The van der Waals surface area contributed by atoms with Crippen molar-refractivity contribution in [3.05, 3.63) is 66.0 Å². The summed E-state index contributed by atoms with van der Waals surface area (Å²) >= 11 is 0. The quantitative estimate of drug-likeness (QED) is 0.482. The van der Waals surface area contributed by atoms with E-state index in [-0.39, 0.29) is 11.7 Å². The third kappa shape index (κ3) is 5.71. The van der Waals surface area contributed by atoms with Gasteiger partial charge in [-0.15, -0.1) is 0 Å². The molecule has 0 fully saturated rings. The Morgan fingerprint density at radius 3 is 2.42 bits per heavy atom. The number of aryl methyl sites for hydroxylation is 1. The van der Waals surface area contributed by atoms with E-state index in [9.17, 15) is 9.50 Å². The molecular weight excluding hydrogens is 393 g/mol. The molecule has 0 aliphatic carbocycles. The molecule has 31 heavy (non-hydrogen) atoms. The fraction of sp³-hybridized carbons (Fsp3) is 0.400. The van der Waals surface area contributed by atoms with Gasteiger partial charge in [0.15, 0.2) is 11.6 Å². The molecule has 0 radical (unpaired) electrons. The van der Waals surface area contributed by atoms with Crippen LogP contribution in [0.15, 0.2) is 54.6 Å². The lowest BCUT2D eigenvalue weighted by atomic mass is 10.0. The van der Waals surface area contributed by atoms with Crippen molar-refractivity contribution in [2.24, 2.45) is 13.0 Å². The lowest BCUT2D eigenvalue weighted by Gasteiger charge is -2.26. The van der Waals surface area contributed by atoms with Crippen LogP contribution in [-0.2, 0) is 13.6 Å². The number of ether oxygens (including phenoxy) is 1. The SMILES string of the molecule is CCCN(Cc1c(-c2ccccc2)nn(C)c1Oc1ccccc1F)C[C@H](O)C(C)C. The van der Waals surface area contributed by atoms with E-state index in [1.807, 2.05) is 44.2 Å². The molecular formula is C25H32FN3O2. The molecule has 0 aliphatic heterocycles. The predicted octanol–water partition coefficient (Wildman–Crippen LogP) is 5.25. The smallest absolute Gasteiger partial charge is 0.222 e. The second-order valence-electron chi connectivity index (χ2n) is 8.20. The first kappa shape index (κ1) is 23.0. The number of hydrogen-bond donors (Lipinski definition) is 1. The number of aromatic nitrogens is 2. The summed E-state index contributed by atoms with van der Waals surface area (Å²) < 4.78 is 22.0. The Hall–Kier alpha value is -2.70. The number of para-hydroxylation sites is 1. The van der Waals surface area contributed by atoms with Gasteiger partial charge in [0.1, 0.15) is 5.69 Å². The van der Waals surface area contributed by atoms with Gasteiger partial charge in [-0.2, -0.15) is 5.10 Å². The average Bonchev–Trinajstić information content (AvgIpc) is 3.05. The van der Waals surface area contributed by atoms with Gasteiger partial charge in [-0.25, -0.2) is 9.07 Å². The molecule has 1 aromatic heterocycles. The van der Waals surface area contributed by atoms with Crippen molar-refractivity contribution in [3.8, 4) is 22.9 Å². The molecule has 5 nitrogen and oxygen atoms in total. The predicted molar refractivity (Wildman–Crippen MR) is 122 cm³/mol. The largest absolute Gasteiger partial charge is 0.436 e. The number of halogens is 1. The molecule has 3 aromatic rings. The van der Waals surface area contributed by atoms with E-state index < -0.39 is 11.9 Å². The number of nitrogens with zero attached hydrogens (tertiary/aromatic N) is 3. The van der Waals surface area contributed by atoms with Gasteiger partial charge in [0.2, 0.25) is 5.88 Å². The Balaban J connectivity index is 2.02. The van der Waals surface area contributed by atoms with Gasteiger partial charge in [-0.1, -0.05) is 63.2 Å². The van der Waals surface area contributed by atoms with Gasteiger partial charge in [0, 0.05) is 25.7 Å². The van der Waals surface area contributed by atoms with Crippen LogP contribution in [0.4, 0.5) is 4.39 Å². The lowest BCUT2D eigenvalue weighted by molar-refractivity contribution is 0.0729. The van der Waals surface area contributed by atoms with Crippen LogP contribution in [0, 0.1) is 11.7 Å². The van der Waals surface area contributed by atoms with E-state index in [1.165, 1.54) is 6.07 Å². The minimum atomic E-state index is -0.431. The second-order valence-corrected chi connectivity index (χ2v) is 8.20. The Labute approximate surface area is 184 Å². The molecule has 1 atom stereocenters. The highest BCUT2D eigenvalue weighted by Gasteiger charge is 2.24. The third-order valence-corrected chi connectivity index (χ3v) is 5.31. The average molecular weight is 426 g/mol. The summed E-state index contributed by atoms with van der Waals surface area (Å²) in [6.07, 6.45) is 0.522. The van der Waals surface area contributed by atoms with E-state index >= 15 is 0 Å². The molecule has 2 aromatic carbocycles. The van der Waals surface area contributed by atoms with Crippen molar-refractivity contribution in [3.63, 3.8) is 0 Å². The maximum absolute atomic E-state index is 14.3. The minimum Gasteiger partial charge on any atom is -0.436 e. The standard InChI is InChI=1S/C25H32FN3O2/c1-5-15-29(17-22(30)18(2)3)16-20-24(19-11-7-6-8-12-19)27-28(4)25(20)31-23-14-10-9-13-21(23)26/h6-14,18,22,30H,5,15-17H2,1-4H3/t22-/m0/s1. The summed E-state index contributed by atoms with van der Waals surface area (Å²) in [5, 5.41) is 15.2. The van der Waals surface area contributed by atoms with Crippen LogP contribution >= 0.6 is 0 Å². The molecule has 0 aliphatic rings. The number of aliphatic hydroxyl groups is 1. The van der Waals surface area contributed by atoms with Gasteiger partial charge in [-0.3, -0.25) is 4.90 Å². The topological polar surface area (TPSA) is 50.5 Å². The summed E-state index contributed by atoms with van der Waals surface area (Å²) in [4.78, 5) is 2.21. The highest BCUT2D eigenvalue weighted by Crippen LogP contribution is 2.35. The van der Waals surface area contributed by atoms with Crippen LogP contribution in [-0.4, -0.2) is 39.0 Å². The summed E-state index contributed by atoms with van der Waals surface area (Å²) in [5.41, 5.74) is 2.65. The number of benzene rings is 2. The van der Waals surface area contributed by atoms with E-state index in [1.54, 1.807) is 29.9 Å². The van der Waals surface area contributed by atoms with Crippen molar-refractivity contribution in [1.82, 2.24) is 14.7 Å². The fourth-order valence-electron chi connectivity index (χ4n) is 3.53. The van der Waals surface area contributed by atoms with Crippen LogP contribution in [0.3, 0.4) is 0 Å². The van der Waals surface area contributed by atoms with E-state index in [0.717, 1.165) is 29.8 Å². The Bertz CT molecular complexity index is 972. The van der Waals surface area contributed by atoms with Crippen molar-refractivity contribution < 1.29 is 14.2 Å². The summed E-state index contributed by atoms with van der Waals surface area (Å²) in [6.45, 7) is 8.06. The maximum atomic E-state index is 14.3. The monoisotopic (exact) mass is 425 g/mol. The van der Waals surface area contributed by atoms with Crippen molar-refractivity contribution in [2.45, 2.75) is 39.8 Å². The molecule has 0 spiro atoms. The zero-order chi connectivity index (χ0) is 22.4. The molecule has 0 amide bonds. The fourth-order valence-corrected chi connectivity index (χ4v) is 3.53. The molecule has 0 unspecified atom stereocenters. The first-order valence-corrected chi connectivity index (χ1v) is 10.8. The third-order valence-electron chi connectivity index (χ3n) is 5.31. The Morgan fingerprint density at radius 2 is 1.77 bits per heavy atom. The second kappa shape index (κ2) is 10.6. The van der Waals surface area contributed by atoms with Gasteiger partial charge < -0.3 is 9.84 Å². The van der Waals surface area contributed by atoms with E-state index in [2.05, 4.69) is 11.8 Å². The van der Waals surface area contributed by atoms with Gasteiger partial charge in [-0.05, 0) is 31.0 Å². The summed E-state index contributed by atoms with van der Waals surface area (Å²) in [7, 11) is 1.80. The van der Waals surface area contributed by atoms with Crippen molar-refractivity contribution in [2.75, 3.05) is 13.1 Å². The molecule has 1 N–H and O–H groups in total. The molecule has 0 saturated carbocycles. The van der Waals surface area contributed by atoms with Crippen molar-refractivity contribution >= 4 is 0 Å².